The minimum absolute atomic E-state index is 0.0743. The van der Waals surface area contributed by atoms with Crippen LogP contribution in [0.4, 0.5) is 10.1 Å². The summed E-state index contributed by atoms with van der Waals surface area (Å²) in [6.45, 7) is 8.54. The van der Waals surface area contributed by atoms with Gasteiger partial charge in [-0.05, 0) is 84.3 Å². The fraction of sp³-hybridized carbons (Fsp3) is 0.355. The number of anilines is 1. The van der Waals surface area contributed by atoms with E-state index in [1.165, 1.54) is 12.1 Å². The average molecular weight is 503 g/mol. The third-order valence-corrected chi connectivity index (χ3v) is 6.66. The van der Waals surface area contributed by atoms with E-state index in [-0.39, 0.29) is 29.6 Å². The number of halogens is 1. The monoisotopic (exact) mass is 502 g/mol. The van der Waals surface area contributed by atoms with Crippen molar-refractivity contribution >= 4 is 17.5 Å². The SMILES string of the molecule is CCC(Oc1ccc2c(c1)C(c1ccc(F)cc1)N(C(=O)CC(C)C)CC2)C(=O)Nc1cccc(C)c1. The van der Waals surface area contributed by atoms with Crippen LogP contribution >= 0.6 is 0 Å². The Morgan fingerprint density at radius 3 is 2.51 bits per heavy atom. The summed E-state index contributed by atoms with van der Waals surface area (Å²) < 4.78 is 19.9. The normalized spacial score (nSPS) is 15.7. The predicted molar refractivity (Wildman–Crippen MR) is 144 cm³/mol. The molecule has 6 heteroatoms. The van der Waals surface area contributed by atoms with Gasteiger partial charge in [-0.1, -0.05) is 51.1 Å². The molecule has 1 heterocycles. The van der Waals surface area contributed by atoms with E-state index in [9.17, 15) is 14.0 Å². The standard InChI is InChI=1S/C31H35FN2O3/c1-5-28(31(36)33-25-8-6-7-21(4)18-25)37-26-14-11-22-15-16-34(29(35)17-20(2)3)30(27(22)19-26)23-9-12-24(32)13-10-23/h6-14,18-20,28,30H,5,15-17H2,1-4H3,(H,33,36). The highest BCUT2D eigenvalue weighted by atomic mass is 19.1. The number of hydrogen-bond donors (Lipinski definition) is 1. The summed E-state index contributed by atoms with van der Waals surface area (Å²) in [5.41, 5.74) is 4.70. The van der Waals surface area contributed by atoms with Crippen molar-refractivity contribution in [2.75, 3.05) is 11.9 Å². The van der Waals surface area contributed by atoms with Crippen molar-refractivity contribution in [1.82, 2.24) is 4.90 Å². The highest BCUT2D eigenvalue weighted by Crippen LogP contribution is 2.38. The van der Waals surface area contributed by atoms with Gasteiger partial charge in [0.05, 0.1) is 6.04 Å². The number of ether oxygens (including phenoxy) is 1. The van der Waals surface area contributed by atoms with Crippen molar-refractivity contribution in [3.8, 4) is 5.75 Å². The highest BCUT2D eigenvalue weighted by molar-refractivity contribution is 5.94. The smallest absolute Gasteiger partial charge is 0.265 e. The topological polar surface area (TPSA) is 58.6 Å². The van der Waals surface area contributed by atoms with Crippen LogP contribution in [0.1, 0.15) is 61.9 Å². The minimum Gasteiger partial charge on any atom is -0.481 e. The molecule has 0 bridgehead atoms. The van der Waals surface area contributed by atoms with Crippen molar-refractivity contribution in [1.29, 1.82) is 0 Å². The van der Waals surface area contributed by atoms with E-state index in [0.717, 1.165) is 34.4 Å². The molecule has 5 nitrogen and oxygen atoms in total. The number of nitrogens with zero attached hydrogens (tertiary/aromatic N) is 1. The molecule has 1 aliphatic rings. The number of hydrogen-bond acceptors (Lipinski definition) is 3. The number of aryl methyl sites for hydroxylation is 1. The number of carbonyl (C=O) groups excluding carboxylic acids is 2. The van der Waals surface area contributed by atoms with Gasteiger partial charge in [0, 0.05) is 18.7 Å². The Morgan fingerprint density at radius 1 is 1.08 bits per heavy atom. The Hall–Kier alpha value is -3.67. The molecule has 0 saturated heterocycles. The quantitative estimate of drug-likeness (QED) is 0.385. The lowest BCUT2D eigenvalue weighted by Crippen LogP contribution is -2.41. The van der Waals surface area contributed by atoms with Crippen molar-refractivity contribution in [2.24, 2.45) is 5.92 Å². The molecule has 0 aromatic heterocycles. The van der Waals surface area contributed by atoms with E-state index in [4.69, 9.17) is 4.74 Å². The van der Waals surface area contributed by atoms with E-state index in [0.29, 0.717) is 25.1 Å². The van der Waals surface area contributed by atoms with Gasteiger partial charge in [0.25, 0.3) is 5.91 Å². The van der Waals surface area contributed by atoms with Gasteiger partial charge in [0.1, 0.15) is 11.6 Å². The molecule has 0 saturated carbocycles. The zero-order chi connectivity index (χ0) is 26.5. The molecule has 3 aromatic rings. The maximum Gasteiger partial charge on any atom is 0.265 e. The average Bonchev–Trinajstić information content (AvgIpc) is 2.86. The first-order valence-corrected chi connectivity index (χ1v) is 13.0. The molecule has 1 aliphatic heterocycles. The van der Waals surface area contributed by atoms with Crippen molar-refractivity contribution in [2.45, 2.75) is 59.1 Å². The van der Waals surface area contributed by atoms with Crippen LogP contribution in [0.3, 0.4) is 0 Å². The molecule has 194 valence electrons. The summed E-state index contributed by atoms with van der Waals surface area (Å²) in [6, 6.07) is 19.5. The first kappa shape index (κ1) is 26.4. The van der Waals surface area contributed by atoms with Crippen LogP contribution in [0.25, 0.3) is 0 Å². The van der Waals surface area contributed by atoms with Crippen LogP contribution in [0.15, 0.2) is 66.7 Å². The maximum atomic E-state index is 13.7. The van der Waals surface area contributed by atoms with Gasteiger partial charge >= 0.3 is 0 Å². The number of amides is 2. The molecule has 4 rings (SSSR count). The van der Waals surface area contributed by atoms with E-state index < -0.39 is 6.10 Å². The molecule has 3 aromatic carbocycles. The number of fused-ring (bicyclic) bond motifs is 1. The van der Waals surface area contributed by atoms with Crippen LogP contribution in [0.2, 0.25) is 0 Å². The largest absolute Gasteiger partial charge is 0.481 e. The molecule has 1 N–H and O–H groups in total. The molecular formula is C31H35FN2O3. The second kappa shape index (κ2) is 11.6. The Balaban J connectivity index is 1.63. The van der Waals surface area contributed by atoms with E-state index in [2.05, 4.69) is 5.32 Å². The molecule has 2 atom stereocenters. The summed E-state index contributed by atoms with van der Waals surface area (Å²) in [4.78, 5) is 28.1. The van der Waals surface area contributed by atoms with Gasteiger partial charge in [-0.25, -0.2) is 4.39 Å². The van der Waals surface area contributed by atoms with E-state index in [1.54, 1.807) is 12.1 Å². The number of benzene rings is 3. The third-order valence-electron chi connectivity index (χ3n) is 6.66. The Morgan fingerprint density at radius 2 is 1.84 bits per heavy atom. The van der Waals surface area contributed by atoms with Gasteiger partial charge in [-0.15, -0.1) is 0 Å². The summed E-state index contributed by atoms with van der Waals surface area (Å²) in [7, 11) is 0. The number of nitrogens with one attached hydrogen (secondary N) is 1. The Kier molecular flexibility index (Phi) is 8.27. The summed E-state index contributed by atoms with van der Waals surface area (Å²) in [6.07, 6.45) is 0.988. The van der Waals surface area contributed by atoms with Crippen molar-refractivity contribution < 1.29 is 18.7 Å². The fourth-order valence-electron chi connectivity index (χ4n) is 4.84. The first-order valence-electron chi connectivity index (χ1n) is 13.0. The predicted octanol–water partition coefficient (Wildman–Crippen LogP) is 6.45. The zero-order valence-electron chi connectivity index (χ0n) is 22.0. The zero-order valence-corrected chi connectivity index (χ0v) is 22.0. The molecular weight excluding hydrogens is 467 g/mol. The van der Waals surface area contributed by atoms with E-state index >= 15 is 0 Å². The summed E-state index contributed by atoms with van der Waals surface area (Å²) >= 11 is 0. The first-order chi connectivity index (χ1) is 17.7. The molecule has 37 heavy (non-hydrogen) atoms. The van der Waals surface area contributed by atoms with Crippen molar-refractivity contribution in [3.63, 3.8) is 0 Å². The fourth-order valence-corrected chi connectivity index (χ4v) is 4.84. The maximum absolute atomic E-state index is 13.7. The molecule has 0 fully saturated rings. The number of carbonyl (C=O) groups is 2. The lowest BCUT2D eigenvalue weighted by molar-refractivity contribution is -0.134. The van der Waals surface area contributed by atoms with Crippen LogP contribution in [0.5, 0.6) is 5.75 Å². The van der Waals surface area contributed by atoms with Gasteiger partial charge in [-0.3, -0.25) is 9.59 Å². The van der Waals surface area contributed by atoms with Crippen LogP contribution in [-0.4, -0.2) is 29.4 Å². The second-order valence-corrected chi connectivity index (χ2v) is 10.1. The summed E-state index contributed by atoms with van der Waals surface area (Å²) in [5, 5.41) is 2.94. The van der Waals surface area contributed by atoms with Crippen LogP contribution < -0.4 is 10.1 Å². The molecule has 2 amide bonds. The van der Waals surface area contributed by atoms with Gasteiger partial charge in [-0.2, -0.15) is 0 Å². The van der Waals surface area contributed by atoms with Crippen LogP contribution in [-0.2, 0) is 16.0 Å². The molecule has 0 spiro atoms. The minimum atomic E-state index is -0.676. The van der Waals surface area contributed by atoms with Gasteiger partial charge in [0.15, 0.2) is 6.10 Å². The van der Waals surface area contributed by atoms with Gasteiger partial charge < -0.3 is 15.0 Å². The van der Waals surface area contributed by atoms with Gasteiger partial charge in [0.2, 0.25) is 5.91 Å². The second-order valence-electron chi connectivity index (χ2n) is 10.1. The van der Waals surface area contributed by atoms with Crippen molar-refractivity contribution in [3.05, 3.63) is 94.8 Å². The summed E-state index contributed by atoms with van der Waals surface area (Å²) in [5.74, 6) is 0.340. The Labute approximate surface area is 218 Å². The lowest BCUT2D eigenvalue weighted by atomic mass is 9.87. The van der Waals surface area contributed by atoms with E-state index in [1.807, 2.05) is 75.1 Å². The highest BCUT2D eigenvalue weighted by Gasteiger charge is 2.33. The Bertz CT molecular complexity index is 1260. The van der Waals surface area contributed by atoms with Crippen LogP contribution in [0, 0.1) is 18.7 Å². The third kappa shape index (κ3) is 6.37. The number of rotatable bonds is 8. The molecule has 2 unspecified atom stereocenters. The lowest BCUT2D eigenvalue weighted by Gasteiger charge is -2.38. The molecule has 0 aliphatic carbocycles. The molecule has 0 radical (unpaired) electrons.